The van der Waals surface area contributed by atoms with Gasteiger partial charge in [0.15, 0.2) is 6.35 Å². The van der Waals surface area contributed by atoms with Crippen molar-refractivity contribution in [2.24, 2.45) is 0 Å². The van der Waals surface area contributed by atoms with Crippen molar-refractivity contribution in [3.8, 4) is 0 Å². The van der Waals surface area contributed by atoms with E-state index in [1.807, 2.05) is 31.2 Å². The average Bonchev–Trinajstić information content (AvgIpc) is 2.84. The average molecular weight is 1340 g/mol. The fraction of sp³-hybridized carbons (Fsp3) is 0.516. The van der Waals surface area contributed by atoms with E-state index in [2.05, 4.69) is 112 Å². The van der Waals surface area contributed by atoms with Crippen LogP contribution in [0.25, 0.3) is 0 Å². The third-order valence-corrected chi connectivity index (χ3v) is 21.5. The summed E-state index contributed by atoms with van der Waals surface area (Å²) in [7, 11) is -16.8. The van der Waals surface area contributed by atoms with Gasteiger partial charge in [0.25, 0.3) is 10.1 Å². The molecule has 3 saturated heterocycles. The summed E-state index contributed by atoms with van der Waals surface area (Å²) in [6.07, 6.45) is -1.09. The number of β-amino-alcohol motifs (C(OH)–C–C–N with tert-alkyl or cyclic N) is 1. The predicted molar refractivity (Wildman–Crippen MR) is 348 cm³/mol. The molecule has 89 heavy (non-hydrogen) atoms. The minimum Gasteiger partial charge on any atom is -0.390 e. The lowest BCUT2D eigenvalue weighted by Crippen LogP contribution is -2.53. The topological polar surface area (TPSA) is 263 Å². The Kier molecular flexibility index (Phi) is 35.9. The van der Waals surface area contributed by atoms with Gasteiger partial charge in [-0.2, -0.15) is 8.42 Å². The van der Waals surface area contributed by atoms with Crippen LogP contribution in [-0.4, -0.2) is 164 Å². The Hall–Kier alpha value is -3.67. The van der Waals surface area contributed by atoms with Crippen LogP contribution >= 0.6 is 30.4 Å². The molecule has 0 atom stereocenters. The molecule has 8 rings (SSSR count). The van der Waals surface area contributed by atoms with Crippen molar-refractivity contribution < 1.29 is 88.2 Å². The highest BCUT2D eigenvalue weighted by molar-refractivity contribution is 7.87. The van der Waals surface area contributed by atoms with E-state index >= 15 is 0 Å². The van der Waals surface area contributed by atoms with Crippen LogP contribution in [0.1, 0.15) is 96.7 Å². The lowest BCUT2D eigenvalue weighted by Gasteiger charge is -2.44. The van der Waals surface area contributed by atoms with E-state index in [1.54, 1.807) is 67.5 Å². The number of ether oxygens (including phenoxy) is 2. The second-order valence-electron chi connectivity index (χ2n) is 19.9. The largest absolute Gasteiger partial charge is 0.390 e. The Labute approximate surface area is 529 Å². The second-order valence-corrected chi connectivity index (χ2v) is 29.6. The number of hydrogen-bond donors (Lipinski definition) is 3. The van der Waals surface area contributed by atoms with Gasteiger partial charge < -0.3 is 61.2 Å². The fourth-order valence-electron chi connectivity index (χ4n) is 8.96. The van der Waals surface area contributed by atoms with Gasteiger partial charge in [0.05, 0.1) is 88.1 Å². The molecule has 500 valence electrons. The van der Waals surface area contributed by atoms with Crippen LogP contribution in [0, 0.1) is 6.92 Å². The van der Waals surface area contributed by atoms with Gasteiger partial charge in [-0.05, 0) is 96.7 Å². The zero-order valence-electron chi connectivity index (χ0n) is 52.9. The molecule has 0 bridgehead atoms. The monoisotopic (exact) mass is 1340 g/mol. The first kappa shape index (κ1) is 77.8. The minimum atomic E-state index is -3.98. The summed E-state index contributed by atoms with van der Waals surface area (Å²) in [5, 5.41) is 21.1. The van der Waals surface area contributed by atoms with Crippen molar-refractivity contribution in [3.63, 3.8) is 0 Å². The molecule has 0 saturated carbocycles. The van der Waals surface area contributed by atoms with Gasteiger partial charge in [0.2, 0.25) is 0 Å². The lowest BCUT2D eigenvalue weighted by molar-refractivity contribution is -0.0563. The number of nitrogens with one attached hydrogen (secondary N) is 1. The predicted octanol–water partition coefficient (Wildman–Crippen LogP) is 12.7. The first-order valence-electron chi connectivity index (χ1n) is 30.1. The smallest absolute Gasteiger partial charge is 0.357 e. The molecule has 0 aliphatic carbocycles. The quantitative estimate of drug-likeness (QED) is 0.0260. The number of hydrogen-bond acceptors (Lipinski definition) is 22. The molecular formula is C62H97N3O19P4S. The van der Waals surface area contributed by atoms with Gasteiger partial charge in [0, 0.05) is 40.7 Å². The van der Waals surface area contributed by atoms with Crippen LogP contribution < -0.4 is 5.32 Å². The van der Waals surface area contributed by atoms with Crippen molar-refractivity contribution in [3.05, 3.63) is 173 Å². The zero-order valence-corrected chi connectivity index (χ0v) is 57.3. The summed E-state index contributed by atoms with van der Waals surface area (Å²) >= 11 is 0. The Morgan fingerprint density at radius 1 is 0.461 bits per heavy atom. The van der Waals surface area contributed by atoms with Crippen molar-refractivity contribution in [2.45, 2.75) is 97.6 Å². The van der Waals surface area contributed by atoms with Crippen molar-refractivity contribution in [1.82, 2.24) is 15.1 Å². The molecule has 3 heterocycles. The number of aliphatic hydroxyl groups excluding tert-OH is 2. The maximum Gasteiger partial charge on any atom is 0.357 e. The molecule has 3 N–H and O–H groups in total. The number of likely N-dealkylation sites (tertiary alicyclic amines) is 2. The molecule has 0 amide bonds. The molecule has 5 aromatic rings. The third-order valence-electron chi connectivity index (χ3n) is 13.1. The summed E-state index contributed by atoms with van der Waals surface area (Å²) in [4.78, 5) is 4.69. The number of benzene rings is 5. The van der Waals surface area contributed by atoms with E-state index in [4.69, 9.17) is 55.0 Å². The van der Waals surface area contributed by atoms with E-state index in [0.717, 1.165) is 44.8 Å². The third kappa shape index (κ3) is 27.4. The normalized spacial score (nSPS) is 15.2. The molecule has 0 aromatic heterocycles. The highest BCUT2D eigenvalue weighted by Gasteiger charge is 2.37. The maximum atomic E-state index is 12.5. The minimum absolute atomic E-state index is 0. The number of aryl methyl sites for hydroxylation is 1. The second kappa shape index (κ2) is 41.1. The molecule has 3 fully saturated rings. The van der Waals surface area contributed by atoms with Crippen LogP contribution in [0.4, 0.5) is 0 Å². The van der Waals surface area contributed by atoms with E-state index in [-0.39, 0.29) is 75.8 Å². The van der Waals surface area contributed by atoms with Crippen LogP contribution in [0.2, 0.25) is 0 Å². The van der Waals surface area contributed by atoms with E-state index < -0.39 is 53.2 Å². The van der Waals surface area contributed by atoms with Gasteiger partial charge >= 0.3 is 30.4 Å². The molecule has 3 aliphatic rings. The van der Waals surface area contributed by atoms with Gasteiger partial charge in [-0.25, -0.2) is 0 Å². The molecule has 0 spiro atoms. The van der Waals surface area contributed by atoms with Crippen LogP contribution in [0.3, 0.4) is 0 Å². The standard InChI is InChI=1S/C21H28NO4P.C16H17NO.C12H19O6PS.C8H18NO4P.C5H13O4P.H2/c1-3-25-27(23,26-4-2)17-24-20-15-22(16-20)21(18-11-7-5-8-12-18)19-13-9-6-10-14-19;18-15-11-17(12-15)16(13-7-3-1-4-8-13)14-9-5-2-6-10-14;1-4-16-19(13,17-5-2)10-18-20(14,15)12-8-6-11(3)7-9-12;1-3-12-14(10,13-4-2)7-11-8-5-9-6-8;1-3-8-10(7,5-6)9-4-2;/h5-14,20-21H,3-4,15-17H2,1-2H3;1-10,15-16,18H,11-12H2;6-9H,4-5,10H2,1-3H3;8-9H,3-7H2,1-2H3;6H,3-5H2,1-2H3;1H. The zero-order chi connectivity index (χ0) is 65.2. The molecule has 0 unspecified atom stereocenters. The first-order chi connectivity index (χ1) is 42.7. The lowest BCUT2D eigenvalue weighted by atomic mass is 9.94. The summed E-state index contributed by atoms with van der Waals surface area (Å²) in [6, 6.07) is 48.6. The van der Waals surface area contributed by atoms with Crippen molar-refractivity contribution in [1.29, 1.82) is 0 Å². The SMILES string of the molecule is CCOP(=O)(CO)OCC.CCOP(=O)(COC1CN(C(c2ccccc2)c2ccccc2)C1)OCC.CCOP(=O)(COC1CNC1)OCC.CCOP(=O)(COS(=O)(=O)c1ccc(C)cc1)OCC.OC1CN(C(c2ccccc2)c2ccccc2)C1.[HH]. The highest BCUT2D eigenvalue weighted by Crippen LogP contribution is 2.51. The highest BCUT2D eigenvalue weighted by atomic mass is 32.2. The van der Waals surface area contributed by atoms with Gasteiger partial charge in [0.1, 0.15) is 19.0 Å². The van der Waals surface area contributed by atoms with Crippen LogP contribution in [0.5, 0.6) is 0 Å². The summed E-state index contributed by atoms with van der Waals surface area (Å²) < 4.78 is 128. The van der Waals surface area contributed by atoms with Crippen LogP contribution in [-0.2, 0) is 78.2 Å². The van der Waals surface area contributed by atoms with E-state index in [0.29, 0.717) is 26.4 Å². The molecular weight excluding hydrogens is 1250 g/mol. The number of aliphatic hydroxyl groups is 2. The Morgan fingerprint density at radius 3 is 1.06 bits per heavy atom. The van der Waals surface area contributed by atoms with Gasteiger partial charge in [-0.3, -0.25) is 32.2 Å². The van der Waals surface area contributed by atoms with Gasteiger partial charge in [-0.1, -0.05) is 139 Å². The molecule has 3 aliphatic heterocycles. The summed E-state index contributed by atoms with van der Waals surface area (Å²) in [5.41, 5.74) is 6.03. The van der Waals surface area contributed by atoms with Crippen LogP contribution in [0.15, 0.2) is 150 Å². The molecule has 27 heteroatoms. The number of nitrogens with zero attached hydrogens (tertiary/aromatic N) is 2. The Balaban J connectivity index is 0.000000304. The van der Waals surface area contributed by atoms with E-state index in [1.165, 1.54) is 34.4 Å². The molecule has 0 radical (unpaired) electrons. The Morgan fingerprint density at radius 2 is 0.764 bits per heavy atom. The molecule has 22 nitrogen and oxygen atoms in total. The van der Waals surface area contributed by atoms with E-state index in [9.17, 15) is 31.8 Å². The molecule has 5 aromatic carbocycles. The summed E-state index contributed by atoms with van der Waals surface area (Å²) in [6.45, 7) is 22.7. The first-order valence-corrected chi connectivity index (χ1v) is 38.4. The fourth-order valence-corrected chi connectivity index (χ4v) is 15.5. The Bertz CT molecular complexity index is 2900. The number of rotatable bonds is 33. The van der Waals surface area contributed by atoms with Crippen molar-refractivity contribution >= 4 is 40.5 Å². The maximum absolute atomic E-state index is 12.5. The van der Waals surface area contributed by atoms with Crippen molar-refractivity contribution in [2.75, 3.05) is 118 Å². The summed E-state index contributed by atoms with van der Waals surface area (Å²) in [5.74, 6) is 0. The van der Waals surface area contributed by atoms with Gasteiger partial charge in [-0.15, -0.1) is 0 Å².